The molecule has 1 fully saturated rings. The molecule has 0 radical (unpaired) electrons. The molecule has 1 amide bonds. The number of hydrogen-bond donors (Lipinski definition) is 0. The van der Waals surface area contributed by atoms with Crippen molar-refractivity contribution in [2.75, 3.05) is 25.7 Å². The van der Waals surface area contributed by atoms with E-state index in [1.807, 2.05) is 30.3 Å². The Labute approximate surface area is 215 Å². The fourth-order valence-corrected chi connectivity index (χ4v) is 5.55. The highest BCUT2D eigenvalue weighted by atomic mass is 16.5. The summed E-state index contributed by atoms with van der Waals surface area (Å²) in [6, 6.07) is 14.4. The van der Waals surface area contributed by atoms with E-state index in [2.05, 4.69) is 23.1 Å². The molecule has 36 heavy (non-hydrogen) atoms. The van der Waals surface area contributed by atoms with E-state index in [-0.39, 0.29) is 17.8 Å². The Bertz CT molecular complexity index is 1070. The van der Waals surface area contributed by atoms with Crippen molar-refractivity contribution < 1.29 is 19.1 Å². The number of carbonyl (C=O) groups is 2. The summed E-state index contributed by atoms with van der Waals surface area (Å²) in [5.41, 5.74) is 5.24. The van der Waals surface area contributed by atoms with Crippen molar-refractivity contribution in [3.63, 3.8) is 0 Å². The molecule has 0 aromatic heterocycles. The van der Waals surface area contributed by atoms with Crippen LogP contribution >= 0.6 is 0 Å². The molecule has 2 aliphatic rings. The number of fused-ring (bicyclic) bond motifs is 1. The van der Waals surface area contributed by atoms with E-state index in [4.69, 9.17) is 9.47 Å². The van der Waals surface area contributed by atoms with Gasteiger partial charge in [-0.3, -0.25) is 4.79 Å². The third-order valence-electron chi connectivity index (χ3n) is 7.63. The van der Waals surface area contributed by atoms with Crippen molar-refractivity contribution in [1.29, 1.82) is 0 Å². The lowest BCUT2D eigenvalue weighted by molar-refractivity contribution is -0.136. The summed E-state index contributed by atoms with van der Waals surface area (Å²) < 4.78 is 10.2. The standard InChI is InChI=1S/C31H39NO4/c1-35-27-18-15-23(16-19-27)10-5-4-8-21-32(30(33)24-11-6-3-7-12-24)29-14-9-13-25-22-26(31(34)36-2)17-20-28(25)29/h9,13-16,18-19,22,24H,3-8,10-12,17,20-21H2,1-2H3. The fraction of sp³-hybridized carbons (Fsp3) is 0.484. The van der Waals surface area contributed by atoms with Gasteiger partial charge in [-0.25, -0.2) is 4.79 Å². The van der Waals surface area contributed by atoms with Crippen LogP contribution in [0.3, 0.4) is 0 Å². The Balaban J connectivity index is 1.46. The lowest BCUT2D eigenvalue weighted by Gasteiger charge is -2.32. The number of aryl methyl sites for hydroxylation is 1. The summed E-state index contributed by atoms with van der Waals surface area (Å²) in [4.78, 5) is 27.9. The van der Waals surface area contributed by atoms with Gasteiger partial charge in [0.05, 0.1) is 14.2 Å². The van der Waals surface area contributed by atoms with E-state index in [1.54, 1.807) is 7.11 Å². The molecule has 0 bridgehead atoms. The Kier molecular flexibility index (Phi) is 9.21. The largest absolute Gasteiger partial charge is 0.497 e. The predicted octanol–water partition coefficient (Wildman–Crippen LogP) is 6.52. The maximum atomic E-state index is 13.8. The number of ether oxygens (including phenoxy) is 2. The maximum Gasteiger partial charge on any atom is 0.333 e. The molecule has 0 N–H and O–H groups in total. The van der Waals surface area contributed by atoms with Crippen LogP contribution in [0.5, 0.6) is 5.75 Å². The van der Waals surface area contributed by atoms with Gasteiger partial charge >= 0.3 is 5.97 Å². The smallest absolute Gasteiger partial charge is 0.333 e. The first-order valence-electron chi connectivity index (χ1n) is 13.5. The van der Waals surface area contributed by atoms with Gasteiger partial charge in [0.2, 0.25) is 5.91 Å². The molecule has 0 heterocycles. The Morgan fingerprint density at radius 3 is 2.42 bits per heavy atom. The molecule has 0 aliphatic heterocycles. The minimum absolute atomic E-state index is 0.124. The van der Waals surface area contributed by atoms with Crippen molar-refractivity contribution in [2.45, 2.75) is 70.6 Å². The van der Waals surface area contributed by atoms with Crippen LogP contribution in [0.4, 0.5) is 5.69 Å². The van der Waals surface area contributed by atoms with E-state index >= 15 is 0 Å². The summed E-state index contributed by atoms with van der Waals surface area (Å²) in [6.45, 7) is 0.738. The number of methoxy groups -OCH3 is 2. The van der Waals surface area contributed by atoms with Gasteiger partial charge < -0.3 is 14.4 Å². The summed E-state index contributed by atoms with van der Waals surface area (Å²) >= 11 is 0. The van der Waals surface area contributed by atoms with Gasteiger partial charge in [-0.15, -0.1) is 0 Å². The Morgan fingerprint density at radius 2 is 1.69 bits per heavy atom. The number of hydrogen-bond acceptors (Lipinski definition) is 4. The first kappa shape index (κ1) is 26.0. The van der Waals surface area contributed by atoms with E-state index in [1.165, 1.54) is 24.7 Å². The average molecular weight is 490 g/mol. The highest BCUT2D eigenvalue weighted by molar-refractivity contribution is 5.98. The number of benzene rings is 2. The summed E-state index contributed by atoms with van der Waals surface area (Å²) in [5.74, 6) is 1.02. The van der Waals surface area contributed by atoms with Crippen LogP contribution in [-0.4, -0.2) is 32.6 Å². The highest BCUT2D eigenvalue weighted by Gasteiger charge is 2.29. The molecule has 0 saturated heterocycles. The molecule has 2 aliphatic carbocycles. The topological polar surface area (TPSA) is 55.8 Å². The zero-order chi connectivity index (χ0) is 25.3. The highest BCUT2D eigenvalue weighted by Crippen LogP contribution is 2.35. The molecular weight excluding hydrogens is 450 g/mol. The number of carbonyl (C=O) groups excluding carboxylic acids is 2. The molecule has 2 aromatic rings. The van der Waals surface area contributed by atoms with Gasteiger partial charge in [0.1, 0.15) is 5.75 Å². The third-order valence-corrected chi connectivity index (χ3v) is 7.63. The van der Waals surface area contributed by atoms with Gasteiger partial charge in [0.25, 0.3) is 0 Å². The first-order valence-corrected chi connectivity index (χ1v) is 13.5. The quantitative estimate of drug-likeness (QED) is 0.281. The van der Waals surface area contributed by atoms with Crippen molar-refractivity contribution in [1.82, 2.24) is 0 Å². The van der Waals surface area contributed by atoms with Gasteiger partial charge in [0, 0.05) is 23.7 Å². The SMILES string of the molecule is COC(=O)C1=Cc2cccc(N(CCCCCc3ccc(OC)cc3)C(=O)C3CCCCC3)c2CC1. The number of amides is 1. The lowest BCUT2D eigenvalue weighted by atomic mass is 9.87. The van der Waals surface area contributed by atoms with Crippen LogP contribution in [0, 0.1) is 5.92 Å². The molecular formula is C31H39NO4. The number of rotatable bonds is 10. The zero-order valence-corrected chi connectivity index (χ0v) is 21.8. The van der Waals surface area contributed by atoms with E-state index in [0.29, 0.717) is 12.0 Å². The van der Waals surface area contributed by atoms with Crippen LogP contribution in [0.2, 0.25) is 0 Å². The average Bonchev–Trinajstić information content (AvgIpc) is 2.94. The number of unbranched alkanes of at least 4 members (excludes halogenated alkanes) is 2. The predicted molar refractivity (Wildman–Crippen MR) is 144 cm³/mol. The molecule has 0 unspecified atom stereocenters. The van der Waals surface area contributed by atoms with Gasteiger partial charge in [-0.05, 0) is 85.9 Å². The van der Waals surface area contributed by atoms with Crippen molar-refractivity contribution >= 4 is 23.6 Å². The second-order valence-electron chi connectivity index (χ2n) is 9.99. The van der Waals surface area contributed by atoms with E-state index < -0.39 is 0 Å². The van der Waals surface area contributed by atoms with Crippen molar-refractivity contribution in [2.24, 2.45) is 5.92 Å². The normalized spacial score (nSPS) is 15.6. The molecule has 192 valence electrons. The minimum atomic E-state index is -0.266. The van der Waals surface area contributed by atoms with Gasteiger partial charge in [-0.1, -0.05) is 49.9 Å². The van der Waals surface area contributed by atoms with Crippen LogP contribution < -0.4 is 9.64 Å². The lowest BCUT2D eigenvalue weighted by Crippen LogP contribution is -2.38. The van der Waals surface area contributed by atoms with Crippen LogP contribution in [0.1, 0.15) is 74.5 Å². The zero-order valence-electron chi connectivity index (χ0n) is 21.8. The molecule has 4 rings (SSSR count). The van der Waals surface area contributed by atoms with Crippen LogP contribution in [-0.2, 0) is 27.2 Å². The van der Waals surface area contributed by atoms with E-state index in [9.17, 15) is 9.59 Å². The van der Waals surface area contributed by atoms with Gasteiger partial charge in [-0.2, -0.15) is 0 Å². The van der Waals surface area contributed by atoms with Crippen LogP contribution in [0.15, 0.2) is 48.0 Å². The maximum absolute atomic E-state index is 13.8. The number of esters is 1. The number of nitrogens with zero attached hydrogens (tertiary/aromatic N) is 1. The fourth-order valence-electron chi connectivity index (χ4n) is 5.55. The summed E-state index contributed by atoms with van der Waals surface area (Å²) in [6.07, 6.45) is 13.0. The summed E-state index contributed by atoms with van der Waals surface area (Å²) in [7, 11) is 3.11. The molecule has 2 aromatic carbocycles. The molecule has 1 saturated carbocycles. The first-order chi connectivity index (χ1) is 17.6. The molecule has 5 heteroatoms. The Morgan fingerprint density at radius 1 is 0.917 bits per heavy atom. The monoisotopic (exact) mass is 489 g/mol. The minimum Gasteiger partial charge on any atom is -0.497 e. The van der Waals surface area contributed by atoms with Crippen molar-refractivity contribution in [3.05, 3.63) is 64.7 Å². The van der Waals surface area contributed by atoms with E-state index in [0.717, 1.165) is 81.3 Å². The van der Waals surface area contributed by atoms with Gasteiger partial charge in [0.15, 0.2) is 0 Å². The van der Waals surface area contributed by atoms with Crippen LogP contribution in [0.25, 0.3) is 6.08 Å². The molecule has 0 spiro atoms. The molecule has 5 nitrogen and oxygen atoms in total. The summed E-state index contributed by atoms with van der Waals surface area (Å²) in [5, 5.41) is 0. The second-order valence-corrected chi connectivity index (χ2v) is 9.99. The third kappa shape index (κ3) is 6.37. The van der Waals surface area contributed by atoms with Crippen molar-refractivity contribution in [3.8, 4) is 5.75 Å². The number of anilines is 1. The Hall–Kier alpha value is -3.08. The second kappa shape index (κ2) is 12.8. The molecule has 0 atom stereocenters.